The lowest BCUT2D eigenvalue weighted by molar-refractivity contribution is -0.136. The van der Waals surface area contributed by atoms with Crippen LogP contribution in [0.4, 0.5) is 0 Å². The summed E-state index contributed by atoms with van der Waals surface area (Å²) in [5.41, 5.74) is 1.42. The number of carboxylic acid groups (broad SMARTS) is 1. The van der Waals surface area contributed by atoms with Crippen molar-refractivity contribution in [2.75, 3.05) is 0 Å². The van der Waals surface area contributed by atoms with Gasteiger partial charge >= 0.3 is 5.97 Å². The fourth-order valence-electron chi connectivity index (χ4n) is 1.79. The van der Waals surface area contributed by atoms with Crippen LogP contribution in [0.15, 0.2) is 23.1 Å². The molecule has 1 aliphatic carbocycles. The van der Waals surface area contributed by atoms with Gasteiger partial charge in [-0.1, -0.05) is 6.07 Å². The van der Waals surface area contributed by atoms with Crippen LogP contribution in [0.25, 0.3) is 5.57 Å². The zero-order valence-electron chi connectivity index (χ0n) is 8.03. The maximum Gasteiger partial charge on any atom is 0.307 e. The molecule has 0 spiro atoms. The first-order chi connectivity index (χ1) is 7.18. The minimum absolute atomic E-state index is 0.0131. The zero-order valence-corrected chi connectivity index (χ0v) is 8.84. The van der Waals surface area contributed by atoms with E-state index in [1.165, 1.54) is 0 Å². The molecule has 1 N–H and O–H groups in total. The van der Waals surface area contributed by atoms with Crippen LogP contribution in [0, 0.1) is 0 Å². The minimum Gasteiger partial charge on any atom is -0.481 e. The molecule has 1 heterocycles. The maximum atomic E-state index is 11.5. The van der Waals surface area contributed by atoms with Crippen molar-refractivity contribution >= 4 is 28.7 Å². The van der Waals surface area contributed by atoms with E-state index in [1.807, 2.05) is 17.5 Å². The highest BCUT2D eigenvalue weighted by atomic mass is 32.1. The third kappa shape index (κ3) is 1.99. The number of carbonyl (C=O) groups excluding carboxylic acids is 1. The Morgan fingerprint density at radius 2 is 2.27 bits per heavy atom. The minimum atomic E-state index is -0.936. The Hall–Kier alpha value is -1.42. The van der Waals surface area contributed by atoms with E-state index in [9.17, 15) is 9.59 Å². The molecule has 0 fully saturated rings. The molecule has 3 nitrogen and oxygen atoms in total. The molecule has 0 unspecified atom stereocenters. The number of carbonyl (C=O) groups is 2. The first kappa shape index (κ1) is 10.1. The number of allylic oxidation sites excluding steroid dienone is 1. The maximum absolute atomic E-state index is 11.5. The van der Waals surface area contributed by atoms with Gasteiger partial charge < -0.3 is 5.11 Å². The van der Waals surface area contributed by atoms with Crippen LogP contribution < -0.4 is 0 Å². The number of aliphatic carboxylic acids is 1. The molecular formula is C11H10O3S. The van der Waals surface area contributed by atoms with Crippen LogP contribution >= 0.6 is 11.3 Å². The zero-order chi connectivity index (χ0) is 10.8. The van der Waals surface area contributed by atoms with Crippen molar-refractivity contribution in [2.24, 2.45) is 0 Å². The predicted molar refractivity (Wildman–Crippen MR) is 57.7 cm³/mol. The predicted octanol–water partition coefficient (Wildman–Crippen LogP) is 2.34. The highest BCUT2D eigenvalue weighted by Gasteiger charge is 2.25. The number of hydrogen-bond donors (Lipinski definition) is 1. The molecule has 0 atom stereocenters. The summed E-state index contributed by atoms with van der Waals surface area (Å²) in [7, 11) is 0. The lowest BCUT2D eigenvalue weighted by Gasteiger charge is -2.00. The van der Waals surface area contributed by atoms with Crippen molar-refractivity contribution in [3.63, 3.8) is 0 Å². The summed E-state index contributed by atoms with van der Waals surface area (Å²) in [4.78, 5) is 23.2. The second kappa shape index (κ2) is 3.98. The fraction of sp³-hybridized carbons (Fsp3) is 0.273. The third-order valence-electron chi connectivity index (χ3n) is 2.45. The molecule has 0 amide bonds. The van der Waals surface area contributed by atoms with Gasteiger partial charge in [-0.15, -0.1) is 11.3 Å². The van der Waals surface area contributed by atoms with Crippen molar-refractivity contribution in [3.8, 4) is 0 Å². The number of hydrogen-bond acceptors (Lipinski definition) is 3. The van der Waals surface area contributed by atoms with Gasteiger partial charge in [0.2, 0.25) is 0 Å². The van der Waals surface area contributed by atoms with Gasteiger partial charge in [0.05, 0.1) is 6.42 Å². The van der Waals surface area contributed by atoms with Gasteiger partial charge in [-0.3, -0.25) is 9.59 Å². The first-order valence-electron chi connectivity index (χ1n) is 4.69. The first-order valence-corrected chi connectivity index (χ1v) is 5.57. The van der Waals surface area contributed by atoms with Gasteiger partial charge in [0.1, 0.15) is 0 Å². The quantitative estimate of drug-likeness (QED) is 0.854. The van der Waals surface area contributed by atoms with Crippen molar-refractivity contribution in [1.82, 2.24) is 0 Å². The average molecular weight is 222 g/mol. The van der Waals surface area contributed by atoms with Crippen LogP contribution in [0.1, 0.15) is 24.1 Å². The van der Waals surface area contributed by atoms with Crippen molar-refractivity contribution < 1.29 is 14.7 Å². The van der Waals surface area contributed by atoms with Gasteiger partial charge in [-0.05, 0) is 23.4 Å². The second-order valence-corrected chi connectivity index (χ2v) is 4.38. The Labute approximate surface area is 91.0 Å². The average Bonchev–Trinajstić information content (AvgIpc) is 2.76. The largest absolute Gasteiger partial charge is 0.481 e. The molecule has 1 aliphatic rings. The van der Waals surface area contributed by atoms with E-state index >= 15 is 0 Å². The van der Waals surface area contributed by atoms with E-state index in [0.717, 1.165) is 10.5 Å². The number of ketones is 1. The number of carboxylic acids is 1. The molecule has 0 radical (unpaired) electrons. The summed E-state index contributed by atoms with van der Waals surface area (Å²) < 4.78 is 0. The Morgan fingerprint density at radius 1 is 1.47 bits per heavy atom. The molecule has 15 heavy (non-hydrogen) atoms. The highest BCUT2D eigenvalue weighted by molar-refractivity contribution is 7.11. The molecule has 1 aromatic heterocycles. The van der Waals surface area contributed by atoms with E-state index in [1.54, 1.807) is 11.3 Å². The summed E-state index contributed by atoms with van der Waals surface area (Å²) in [5, 5.41) is 10.7. The fourth-order valence-corrected chi connectivity index (χ4v) is 2.62. The van der Waals surface area contributed by atoms with E-state index in [0.29, 0.717) is 18.4 Å². The summed E-state index contributed by atoms with van der Waals surface area (Å²) in [6.07, 6.45) is 0.990. The Morgan fingerprint density at radius 3 is 2.87 bits per heavy atom. The second-order valence-electron chi connectivity index (χ2n) is 3.43. The van der Waals surface area contributed by atoms with Gasteiger partial charge in [0, 0.05) is 16.9 Å². The number of Topliss-reactive ketones (excluding diaryl/α,β-unsaturated/α-hetero) is 1. The van der Waals surface area contributed by atoms with E-state index in [4.69, 9.17) is 5.11 Å². The summed E-state index contributed by atoms with van der Waals surface area (Å²) in [5.74, 6) is -0.949. The highest BCUT2D eigenvalue weighted by Crippen LogP contribution is 2.35. The molecule has 4 heteroatoms. The van der Waals surface area contributed by atoms with Gasteiger partial charge in [-0.25, -0.2) is 0 Å². The van der Waals surface area contributed by atoms with Crippen molar-refractivity contribution in [3.05, 3.63) is 28.0 Å². The molecule has 2 rings (SSSR count). The van der Waals surface area contributed by atoms with Crippen LogP contribution in [-0.2, 0) is 9.59 Å². The Kier molecular flexibility index (Phi) is 2.68. The number of rotatable bonds is 3. The molecule has 78 valence electrons. The van der Waals surface area contributed by atoms with Gasteiger partial charge in [0.25, 0.3) is 0 Å². The van der Waals surface area contributed by atoms with Crippen molar-refractivity contribution in [1.29, 1.82) is 0 Å². The van der Waals surface area contributed by atoms with Crippen LogP contribution in [0.3, 0.4) is 0 Å². The molecule has 1 aromatic rings. The summed E-state index contributed by atoms with van der Waals surface area (Å²) in [6, 6.07) is 3.84. The molecular weight excluding hydrogens is 212 g/mol. The molecule has 0 aromatic carbocycles. The van der Waals surface area contributed by atoms with Crippen LogP contribution in [0.5, 0.6) is 0 Å². The van der Waals surface area contributed by atoms with Crippen molar-refractivity contribution in [2.45, 2.75) is 19.3 Å². The Balaban J connectivity index is 2.38. The molecule has 0 saturated heterocycles. The normalized spacial score (nSPS) is 16.1. The summed E-state index contributed by atoms with van der Waals surface area (Å²) in [6.45, 7) is 0. The van der Waals surface area contributed by atoms with Crippen LogP contribution in [-0.4, -0.2) is 16.9 Å². The smallest absolute Gasteiger partial charge is 0.307 e. The monoisotopic (exact) mass is 222 g/mol. The number of thiophene rings is 1. The molecule has 0 aliphatic heterocycles. The lowest BCUT2D eigenvalue weighted by Crippen LogP contribution is -2.03. The molecule has 0 bridgehead atoms. The van der Waals surface area contributed by atoms with Crippen LogP contribution in [0.2, 0.25) is 0 Å². The van der Waals surface area contributed by atoms with Gasteiger partial charge in [0.15, 0.2) is 5.78 Å². The Bertz CT molecular complexity index is 429. The van der Waals surface area contributed by atoms with E-state index in [-0.39, 0.29) is 12.2 Å². The lowest BCUT2D eigenvalue weighted by atomic mass is 10.1. The summed E-state index contributed by atoms with van der Waals surface area (Å²) >= 11 is 1.55. The van der Waals surface area contributed by atoms with E-state index < -0.39 is 5.97 Å². The third-order valence-corrected chi connectivity index (χ3v) is 3.38. The SMILES string of the molecule is O=C(O)CC1=C(c2cccs2)CCC1=O. The molecule has 0 saturated carbocycles. The van der Waals surface area contributed by atoms with Gasteiger partial charge in [-0.2, -0.15) is 0 Å². The topological polar surface area (TPSA) is 54.4 Å². The standard InChI is InChI=1S/C11H10O3S/c12-9-4-3-7(8(9)6-11(13)14)10-2-1-5-15-10/h1-2,5H,3-4,6H2,(H,13,14). The van der Waals surface area contributed by atoms with E-state index in [2.05, 4.69) is 0 Å².